The Hall–Kier alpha value is -0.780. The summed E-state index contributed by atoms with van der Waals surface area (Å²) < 4.78 is 28.5. The van der Waals surface area contributed by atoms with Crippen molar-refractivity contribution in [1.29, 1.82) is 0 Å². The van der Waals surface area contributed by atoms with Crippen LogP contribution in [-0.2, 0) is 9.84 Å². The quantitative estimate of drug-likeness (QED) is 0.906. The molecule has 1 aliphatic rings. The van der Waals surface area contributed by atoms with E-state index < -0.39 is 9.84 Å². The largest absolute Gasteiger partial charge is 0.495 e. The van der Waals surface area contributed by atoms with E-state index in [0.717, 1.165) is 12.1 Å². The fourth-order valence-electron chi connectivity index (χ4n) is 2.74. The summed E-state index contributed by atoms with van der Waals surface area (Å²) in [6.07, 6.45) is 0.698. The molecule has 2 rings (SSSR count). The van der Waals surface area contributed by atoms with E-state index in [1.807, 2.05) is 25.1 Å². The van der Waals surface area contributed by atoms with Crippen LogP contribution in [-0.4, -0.2) is 33.6 Å². The van der Waals surface area contributed by atoms with Crippen LogP contribution in [0.2, 0.25) is 5.02 Å². The Labute approximate surface area is 125 Å². The smallest absolute Gasteiger partial charge is 0.150 e. The molecule has 0 bridgehead atoms. The molecular weight excluding hydrogens is 298 g/mol. The van der Waals surface area contributed by atoms with E-state index in [9.17, 15) is 8.42 Å². The van der Waals surface area contributed by atoms with Gasteiger partial charge >= 0.3 is 0 Å². The molecule has 20 heavy (non-hydrogen) atoms. The minimum Gasteiger partial charge on any atom is -0.495 e. The summed E-state index contributed by atoms with van der Waals surface area (Å²) >= 11 is 6.17. The van der Waals surface area contributed by atoms with Gasteiger partial charge in [-0.2, -0.15) is 0 Å². The fourth-order valence-corrected chi connectivity index (χ4v) is 4.85. The van der Waals surface area contributed by atoms with Crippen LogP contribution in [0.15, 0.2) is 18.2 Å². The third kappa shape index (κ3) is 3.45. The van der Waals surface area contributed by atoms with Gasteiger partial charge in [-0.25, -0.2) is 8.42 Å². The molecule has 1 fully saturated rings. The summed E-state index contributed by atoms with van der Waals surface area (Å²) in [5.41, 5.74) is 1.01. The number of halogens is 1. The van der Waals surface area contributed by atoms with Crippen LogP contribution in [0.4, 0.5) is 0 Å². The Bertz CT molecular complexity index is 574. The lowest BCUT2D eigenvalue weighted by Crippen LogP contribution is -2.29. The number of ether oxygens (including phenoxy) is 1. The predicted octanol–water partition coefficient (Wildman–Crippen LogP) is 2.43. The van der Waals surface area contributed by atoms with Crippen molar-refractivity contribution >= 4 is 21.4 Å². The minimum atomic E-state index is -2.89. The average molecular weight is 318 g/mol. The van der Waals surface area contributed by atoms with Crippen LogP contribution in [0.25, 0.3) is 0 Å². The zero-order valence-corrected chi connectivity index (χ0v) is 13.3. The average Bonchev–Trinajstić information content (AvgIpc) is 2.76. The molecule has 2 unspecified atom stereocenters. The van der Waals surface area contributed by atoms with Gasteiger partial charge in [0.05, 0.1) is 23.6 Å². The number of benzene rings is 1. The molecule has 1 saturated heterocycles. The molecule has 1 aromatic rings. The standard InChI is InChI=1S/C14H20ClNO3S/c1-3-16-14(11-6-7-20(17,18)9-11)10-4-5-13(19-2)12(15)8-10/h4-5,8,11,14,16H,3,6-7,9H2,1-2H3. The number of rotatable bonds is 5. The molecule has 0 amide bonds. The van der Waals surface area contributed by atoms with E-state index >= 15 is 0 Å². The SMILES string of the molecule is CCNC(c1ccc(OC)c(Cl)c1)C1CCS(=O)(=O)C1. The van der Waals surface area contributed by atoms with Gasteiger partial charge in [0.15, 0.2) is 9.84 Å². The van der Waals surface area contributed by atoms with Gasteiger partial charge in [0.1, 0.15) is 5.75 Å². The van der Waals surface area contributed by atoms with Crippen molar-refractivity contribution in [3.05, 3.63) is 28.8 Å². The van der Waals surface area contributed by atoms with E-state index in [2.05, 4.69) is 5.32 Å². The van der Waals surface area contributed by atoms with E-state index in [1.54, 1.807) is 7.11 Å². The van der Waals surface area contributed by atoms with Crippen molar-refractivity contribution in [1.82, 2.24) is 5.32 Å². The van der Waals surface area contributed by atoms with Crippen molar-refractivity contribution in [2.24, 2.45) is 5.92 Å². The number of sulfone groups is 1. The van der Waals surface area contributed by atoms with Crippen molar-refractivity contribution in [3.63, 3.8) is 0 Å². The van der Waals surface area contributed by atoms with Crippen LogP contribution in [0.5, 0.6) is 5.75 Å². The van der Waals surface area contributed by atoms with Crippen LogP contribution in [0, 0.1) is 5.92 Å². The summed E-state index contributed by atoms with van der Waals surface area (Å²) in [4.78, 5) is 0. The Kier molecular flexibility index (Phi) is 4.94. The zero-order chi connectivity index (χ0) is 14.8. The summed E-state index contributed by atoms with van der Waals surface area (Å²) in [7, 11) is -1.31. The van der Waals surface area contributed by atoms with Crippen molar-refractivity contribution < 1.29 is 13.2 Å². The highest BCUT2D eigenvalue weighted by Gasteiger charge is 2.34. The van der Waals surface area contributed by atoms with Crippen LogP contribution < -0.4 is 10.1 Å². The highest BCUT2D eigenvalue weighted by atomic mass is 35.5. The first-order valence-corrected chi connectivity index (χ1v) is 8.94. The molecule has 6 heteroatoms. The highest BCUT2D eigenvalue weighted by Crippen LogP contribution is 2.34. The van der Waals surface area contributed by atoms with Gasteiger partial charge < -0.3 is 10.1 Å². The maximum Gasteiger partial charge on any atom is 0.150 e. The molecular formula is C14H20ClNO3S. The Morgan fingerprint density at radius 3 is 2.75 bits per heavy atom. The van der Waals surface area contributed by atoms with Gasteiger partial charge in [0.2, 0.25) is 0 Å². The number of methoxy groups -OCH3 is 1. The second-order valence-corrected chi connectivity index (χ2v) is 7.73. The molecule has 4 nitrogen and oxygen atoms in total. The molecule has 0 spiro atoms. The molecule has 1 N–H and O–H groups in total. The zero-order valence-electron chi connectivity index (χ0n) is 11.7. The van der Waals surface area contributed by atoms with E-state index in [0.29, 0.717) is 17.2 Å². The molecule has 112 valence electrons. The third-order valence-electron chi connectivity index (χ3n) is 3.70. The topological polar surface area (TPSA) is 55.4 Å². The molecule has 1 aliphatic heterocycles. The van der Waals surface area contributed by atoms with Gasteiger partial charge in [-0.3, -0.25) is 0 Å². The maximum atomic E-state index is 11.7. The van der Waals surface area contributed by atoms with Crippen LogP contribution in [0.3, 0.4) is 0 Å². The van der Waals surface area contributed by atoms with Crippen LogP contribution in [0.1, 0.15) is 24.9 Å². The molecule has 0 radical (unpaired) electrons. The number of hydrogen-bond acceptors (Lipinski definition) is 4. The third-order valence-corrected chi connectivity index (χ3v) is 5.79. The van der Waals surface area contributed by atoms with Crippen LogP contribution >= 0.6 is 11.6 Å². The first-order chi connectivity index (χ1) is 9.46. The molecule has 0 aromatic heterocycles. The summed E-state index contributed by atoms with van der Waals surface area (Å²) in [6, 6.07) is 5.65. The molecule has 0 saturated carbocycles. The molecule has 2 atom stereocenters. The minimum absolute atomic E-state index is 0.0145. The lowest BCUT2D eigenvalue weighted by Gasteiger charge is -2.24. The first-order valence-electron chi connectivity index (χ1n) is 6.74. The van der Waals surface area contributed by atoms with E-state index in [4.69, 9.17) is 16.3 Å². The highest BCUT2D eigenvalue weighted by molar-refractivity contribution is 7.91. The summed E-state index contributed by atoms with van der Waals surface area (Å²) in [6.45, 7) is 2.80. The molecule has 1 aromatic carbocycles. The maximum absolute atomic E-state index is 11.7. The van der Waals surface area contributed by atoms with Crippen molar-refractivity contribution in [2.45, 2.75) is 19.4 Å². The lowest BCUT2D eigenvalue weighted by atomic mass is 9.92. The number of nitrogens with one attached hydrogen (secondary N) is 1. The summed E-state index contributed by atoms with van der Waals surface area (Å²) in [5.74, 6) is 1.26. The van der Waals surface area contributed by atoms with Crippen molar-refractivity contribution in [2.75, 3.05) is 25.2 Å². The molecule has 1 heterocycles. The Balaban J connectivity index is 2.27. The lowest BCUT2D eigenvalue weighted by molar-refractivity contribution is 0.397. The van der Waals surface area contributed by atoms with Gasteiger partial charge in [0.25, 0.3) is 0 Å². The van der Waals surface area contributed by atoms with E-state index in [-0.39, 0.29) is 23.5 Å². The first kappa shape index (κ1) is 15.6. The second kappa shape index (κ2) is 6.33. The Morgan fingerprint density at radius 1 is 1.50 bits per heavy atom. The normalized spacial score (nSPS) is 22.6. The van der Waals surface area contributed by atoms with E-state index in [1.165, 1.54) is 0 Å². The Morgan fingerprint density at radius 2 is 2.25 bits per heavy atom. The summed E-state index contributed by atoms with van der Waals surface area (Å²) in [5, 5.41) is 3.93. The predicted molar refractivity (Wildman–Crippen MR) is 81.2 cm³/mol. The molecule has 0 aliphatic carbocycles. The monoisotopic (exact) mass is 317 g/mol. The second-order valence-electron chi connectivity index (χ2n) is 5.09. The van der Waals surface area contributed by atoms with Gasteiger partial charge in [-0.15, -0.1) is 0 Å². The number of hydrogen-bond donors (Lipinski definition) is 1. The van der Waals surface area contributed by atoms with Gasteiger partial charge in [0, 0.05) is 6.04 Å². The van der Waals surface area contributed by atoms with Gasteiger partial charge in [-0.1, -0.05) is 24.6 Å². The van der Waals surface area contributed by atoms with Crippen molar-refractivity contribution in [3.8, 4) is 5.75 Å². The van der Waals surface area contributed by atoms with Gasteiger partial charge in [-0.05, 0) is 36.6 Å². The fraction of sp³-hybridized carbons (Fsp3) is 0.571.